The third-order valence-electron chi connectivity index (χ3n) is 3.58. The molecule has 0 saturated carbocycles. The first-order chi connectivity index (χ1) is 9.70. The second-order valence-electron chi connectivity index (χ2n) is 5.43. The average Bonchev–Trinajstić information content (AvgIpc) is 2.48. The third kappa shape index (κ3) is 3.92. The van der Waals surface area contributed by atoms with Gasteiger partial charge in [0.15, 0.2) is 0 Å². The van der Waals surface area contributed by atoms with Gasteiger partial charge in [-0.25, -0.2) is 0 Å². The zero-order chi connectivity index (χ0) is 14.4. The lowest BCUT2D eigenvalue weighted by Gasteiger charge is -2.10. The Bertz CT molecular complexity index is 531. The summed E-state index contributed by atoms with van der Waals surface area (Å²) in [4.78, 5) is 0. The maximum absolute atomic E-state index is 9.29. The molecule has 0 aromatic heterocycles. The van der Waals surface area contributed by atoms with Crippen molar-refractivity contribution in [2.24, 2.45) is 0 Å². The van der Waals surface area contributed by atoms with Gasteiger partial charge in [-0.15, -0.1) is 0 Å². The van der Waals surface area contributed by atoms with E-state index < -0.39 is 0 Å². The summed E-state index contributed by atoms with van der Waals surface area (Å²) in [5.74, 6) is 0.577. The van der Waals surface area contributed by atoms with Crippen molar-refractivity contribution in [3.05, 3.63) is 70.8 Å². The normalized spacial score (nSPS) is 11.0. The van der Waals surface area contributed by atoms with Crippen molar-refractivity contribution >= 4 is 0 Å². The van der Waals surface area contributed by atoms with Crippen LogP contribution in [0.3, 0.4) is 0 Å². The molecule has 0 bridgehead atoms. The SMILES string of the molecule is CC(C)c1ccc(CNCc2ccccc2CO)cc1. The molecule has 2 aromatic carbocycles. The van der Waals surface area contributed by atoms with Crippen molar-refractivity contribution in [2.75, 3.05) is 0 Å². The topological polar surface area (TPSA) is 32.3 Å². The Labute approximate surface area is 121 Å². The second kappa shape index (κ2) is 7.22. The molecule has 0 amide bonds. The van der Waals surface area contributed by atoms with Gasteiger partial charge in [-0.2, -0.15) is 0 Å². The fourth-order valence-corrected chi connectivity index (χ4v) is 2.25. The molecule has 0 fully saturated rings. The van der Waals surface area contributed by atoms with E-state index in [1.54, 1.807) is 0 Å². The maximum atomic E-state index is 9.29. The zero-order valence-electron chi connectivity index (χ0n) is 12.3. The molecule has 0 radical (unpaired) electrons. The number of benzene rings is 2. The van der Waals surface area contributed by atoms with Crippen LogP contribution in [0.1, 0.15) is 42.0 Å². The summed E-state index contributed by atoms with van der Waals surface area (Å²) in [7, 11) is 0. The highest BCUT2D eigenvalue weighted by molar-refractivity contribution is 5.27. The second-order valence-corrected chi connectivity index (χ2v) is 5.43. The van der Waals surface area contributed by atoms with Crippen molar-refractivity contribution in [3.8, 4) is 0 Å². The van der Waals surface area contributed by atoms with E-state index in [1.807, 2.05) is 18.2 Å². The molecule has 0 unspecified atom stereocenters. The summed E-state index contributed by atoms with van der Waals surface area (Å²) >= 11 is 0. The van der Waals surface area contributed by atoms with Crippen LogP contribution in [0.15, 0.2) is 48.5 Å². The van der Waals surface area contributed by atoms with E-state index >= 15 is 0 Å². The molecule has 2 aromatic rings. The lowest BCUT2D eigenvalue weighted by atomic mass is 10.0. The summed E-state index contributed by atoms with van der Waals surface area (Å²) < 4.78 is 0. The minimum atomic E-state index is 0.0982. The minimum Gasteiger partial charge on any atom is -0.392 e. The van der Waals surface area contributed by atoms with Crippen molar-refractivity contribution in [1.29, 1.82) is 0 Å². The molecule has 0 aliphatic heterocycles. The van der Waals surface area contributed by atoms with Gasteiger partial charge < -0.3 is 10.4 Å². The largest absolute Gasteiger partial charge is 0.392 e. The first-order valence-corrected chi connectivity index (χ1v) is 7.18. The van der Waals surface area contributed by atoms with Crippen LogP contribution in [0.4, 0.5) is 0 Å². The van der Waals surface area contributed by atoms with E-state index in [0.29, 0.717) is 5.92 Å². The van der Waals surface area contributed by atoms with Gasteiger partial charge >= 0.3 is 0 Å². The molecule has 0 spiro atoms. The number of hydrogen-bond donors (Lipinski definition) is 2. The fraction of sp³-hybridized carbons (Fsp3) is 0.333. The van der Waals surface area contributed by atoms with Gasteiger partial charge in [-0.3, -0.25) is 0 Å². The Kier molecular flexibility index (Phi) is 5.33. The van der Waals surface area contributed by atoms with Crippen molar-refractivity contribution in [1.82, 2.24) is 5.32 Å². The van der Waals surface area contributed by atoms with Crippen LogP contribution in [0, 0.1) is 0 Å². The first-order valence-electron chi connectivity index (χ1n) is 7.18. The Balaban J connectivity index is 1.89. The molecule has 2 nitrogen and oxygen atoms in total. The van der Waals surface area contributed by atoms with Crippen LogP contribution >= 0.6 is 0 Å². The van der Waals surface area contributed by atoms with E-state index in [2.05, 4.69) is 49.5 Å². The predicted octanol–water partition coefficient (Wildman–Crippen LogP) is 3.59. The first kappa shape index (κ1) is 14.8. The predicted molar refractivity (Wildman–Crippen MR) is 83.4 cm³/mol. The summed E-state index contributed by atoms with van der Waals surface area (Å²) in [6, 6.07) is 16.7. The molecule has 0 heterocycles. The van der Waals surface area contributed by atoms with Gasteiger partial charge in [0, 0.05) is 13.1 Å². The Morgan fingerprint density at radius 3 is 2.15 bits per heavy atom. The van der Waals surface area contributed by atoms with Gasteiger partial charge in [0.25, 0.3) is 0 Å². The number of hydrogen-bond acceptors (Lipinski definition) is 2. The van der Waals surface area contributed by atoms with E-state index in [0.717, 1.165) is 24.2 Å². The Morgan fingerprint density at radius 2 is 1.55 bits per heavy atom. The average molecular weight is 269 g/mol. The van der Waals surface area contributed by atoms with E-state index in [1.165, 1.54) is 11.1 Å². The van der Waals surface area contributed by atoms with Crippen LogP contribution in [0.5, 0.6) is 0 Å². The van der Waals surface area contributed by atoms with E-state index in [-0.39, 0.29) is 6.61 Å². The molecule has 2 N–H and O–H groups in total. The van der Waals surface area contributed by atoms with Crippen molar-refractivity contribution in [3.63, 3.8) is 0 Å². The quantitative estimate of drug-likeness (QED) is 0.840. The van der Waals surface area contributed by atoms with Crippen LogP contribution < -0.4 is 5.32 Å². The third-order valence-corrected chi connectivity index (χ3v) is 3.58. The number of nitrogens with one attached hydrogen (secondary N) is 1. The monoisotopic (exact) mass is 269 g/mol. The highest BCUT2D eigenvalue weighted by Crippen LogP contribution is 2.15. The smallest absolute Gasteiger partial charge is 0.0685 e. The van der Waals surface area contributed by atoms with Gasteiger partial charge in [0.05, 0.1) is 6.61 Å². The molecule has 2 heteroatoms. The fourth-order valence-electron chi connectivity index (χ4n) is 2.25. The number of aliphatic hydroxyl groups excluding tert-OH is 1. The molecule has 0 aliphatic carbocycles. The summed E-state index contributed by atoms with van der Waals surface area (Å²) in [6.07, 6.45) is 0. The number of aliphatic hydroxyl groups is 1. The lowest BCUT2D eigenvalue weighted by molar-refractivity contribution is 0.280. The van der Waals surface area contributed by atoms with Crippen molar-refractivity contribution < 1.29 is 5.11 Å². The van der Waals surface area contributed by atoms with Crippen LogP contribution in [-0.4, -0.2) is 5.11 Å². The van der Waals surface area contributed by atoms with Gasteiger partial charge in [-0.1, -0.05) is 62.4 Å². The molecule has 20 heavy (non-hydrogen) atoms. The van der Waals surface area contributed by atoms with E-state index in [4.69, 9.17) is 0 Å². The van der Waals surface area contributed by atoms with Crippen LogP contribution in [-0.2, 0) is 19.7 Å². The highest BCUT2D eigenvalue weighted by atomic mass is 16.3. The molecule has 106 valence electrons. The lowest BCUT2D eigenvalue weighted by Crippen LogP contribution is -2.14. The maximum Gasteiger partial charge on any atom is 0.0685 e. The van der Waals surface area contributed by atoms with Crippen LogP contribution in [0.2, 0.25) is 0 Å². The molecule has 0 saturated heterocycles. The summed E-state index contributed by atoms with van der Waals surface area (Å²) in [6.45, 7) is 6.14. The minimum absolute atomic E-state index is 0.0982. The van der Waals surface area contributed by atoms with Gasteiger partial charge in [0.1, 0.15) is 0 Å². The number of rotatable bonds is 6. The molecule has 0 aliphatic rings. The van der Waals surface area contributed by atoms with E-state index in [9.17, 15) is 5.11 Å². The zero-order valence-corrected chi connectivity index (χ0v) is 12.3. The van der Waals surface area contributed by atoms with Crippen molar-refractivity contribution in [2.45, 2.75) is 39.5 Å². The van der Waals surface area contributed by atoms with Gasteiger partial charge in [0.2, 0.25) is 0 Å². The highest BCUT2D eigenvalue weighted by Gasteiger charge is 2.01. The summed E-state index contributed by atoms with van der Waals surface area (Å²) in [5, 5.41) is 12.7. The standard InChI is InChI=1S/C18H23NO/c1-14(2)16-9-7-15(8-10-16)11-19-12-17-5-3-4-6-18(17)13-20/h3-10,14,19-20H,11-13H2,1-2H3. The summed E-state index contributed by atoms with van der Waals surface area (Å²) in [5.41, 5.74) is 4.82. The Hall–Kier alpha value is -1.64. The molecule has 0 atom stereocenters. The Morgan fingerprint density at radius 1 is 0.900 bits per heavy atom. The van der Waals surface area contributed by atoms with Gasteiger partial charge in [-0.05, 0) is 28.2 Å². The van der Waals surface area contributed by atoms with Crippen LogP contribution in [0.25, 0.3) is 0 Å². The molecular weight excluding hydrogens is 246 g/mol. The molecule has 2 rings (SSSR count). The molecular formula is C18H23NO.